The van der Waals surface area contributed by atoms with E-state index < -0.39 is 11.6 Å². The number of ether oxygens (including phenoxy) is 1. The highest BCUT2D eigenvalue weighted by Gasteiger charge is 2.20. The van der Waals surface area contributed by atoms with Gasteiger partial charge in [0, 0.05) is 29.2 Å². The Morgan fingerprint density at radius 1 is 1.10 bits per heavy atom. The van der Waals surface area contributed by atoms with E-state index in [-0.39, 0.29) is 18.0 Å². The molecule has 21 heavy (non-hydrogen) atoms. The summed E-state index contributed by atoms with van der Waals surface area (Å²) in [5.41, 5.74) is 1.87. The van der Waals surface area contributed by atoms with E-state index in [0.29, 0.717) is 17.7 Å². The first kappa shape index (κ1) is 13.7. The molecule has 2 nitrogen and oxygen atoms in total. The highest BCUT2D eigenvalue weighted by molar-refractivity contribution is 5.99. The summed E-state index contributed by atoms with van der Waals surface area (Å²) in [5.74, 6) is -0.520. The molecule has 108 valence electrons. The van der Waals surface area contributed by atoms with Crippen LogP contribution in [0.3, 0.4) is 0 Å². The lowest BCUT2D eigenvalue weighted by atomic mass is 9.90. The normalized spacial score (nSPS) is 13.9. The first-order chi connectivity index (χ1) is 10.1. The topological polar surface area (TPSA) is 26.3 Å². The summed E-state index contributed by atoms with van der Waals surface area (Å²) in [6.45, 7) is 0.0107. The van der Waals surface area contributed by atoms with Crippen molar-refractivity contribution in [3.63, 3.8) is 0 Å². The van der Waals surface area contributed by atoms with Crippen molar-refractivity contribution >= 4 is 5.78 Å². The fraction of sp³-hybridized carbons (Fsp3) is 0.235. The molecule has 2 aromatic carbocycles. The summed E-state index contributed by atoms with van der Waals surface area (Å²) in [6, 6.07) is 8.74. The molecular formula is C17H14F2O2. The number of Topliss-reactive ketones (excluding diaryl/α,β-unsaturated/α-hetero) is 1. The predicted molar refractivity (Wildman–Crippen MR) is 74.4 cm³/mol. The van der Waals surface area contributed by atoms with Gasteiger partial charge in [0.05, 0.1) is 0 Å². The molecule has 1 aliphatic rings. The Kier molecular flexibility index (Phi) is 3.69. The van der Waals surface area contributed by atoms with Gasteiger partial charge >= 0.3 is 0 Å². The summed E-state index contributed by atoms with van der Waals surface area (Å²) in [6.07, 6.45) is 2.14. The monoisotopic (exact) mass is 288 g/mol. The molecule has 0 aliphatic heterocycles. The molecule has 1 aliphatic carbocycles. The maximum absolute atomic E-state index is 13.6. The first-order valence-corrected chi connectivity index (χ1v) is 6.87. The third kappa shape index (κ3) is 2.79. The highest BCUT2D eigenvalue weighted by Crippen LogP contribution is 2.30. The minimum absolute atomic E-state index is 0.0107. The Morgan fingerprint density at radius 2 is 1.95 bits per heavy atom. The van der Waals surface area contributed by atoms with E-state index in [9.17, 15) is 13.6 Å². The highest BCUT2D eigenvalue weighted by atomic mass is 19.1. The average Bonchev–Trinajstić information content (AvgIpc) is 2.47. The van der Waals surface area contributed by atoms with Crippen molar-refractivity contribution < 1.29 is 18.3 Å². The molecule has 0 aromatic heterocycles. The second-order valence-corrected chi connectivity index (χ2v) is 5.08. The number of rotatable bonds is 3. The van der Waals surface area contributed by atoms with Gasteiger partial charge in [-0.05, 0) is 31.0 Å². The number of hydrogen-bond acceptors (Lipinski definition) is 2. The Labute approximate surface area is 121 Å². The van der Waals surface area contributed by atoms with Crippen LogP contribution in [0.1, 0.15) is 34.3 Å². The molecule has 0 radical (unpaired) electrons. The van der Waals surface area contributed by atoms with Crippen LogP contribution in [0, 0.1) is 11.6 Å². The second kappa shape index (κ2) is 5.64. The Balaban J connectivity index is 1.83. The van der Waals surface area contributed by atoms with Crippen LogP contribution >= 0.6 is 0 Å². The molecule has 0 unspecified atom stereocenters. The number of halogens is 2. The largest absolute Gasteiger partial charge is 0.488 e. The van der Waals surface area contributed by atoms with Gasteiger partial charge in [-0.3, -0.25) is 4.79 Å². The maximum Gasteiger partial charge on any atom is 0.163 e. The Hall–Kier alpha value is -2.23. The van der Waals surface area contributed by atoms with E-state index in [1.807, 2.05) is 0 Å². The summed E-state index contributed by atoms with van der Waals surface area (Å²) in [7, 11) is 0. The summed E-state index contributed by atoms with van der Waals surface area (Å²) < 4.78 is 32.1. The van der Waals surface area contributed by atoms with Gasteiger partial charge < -0.3 is 4.74 Å². The zero-order valence-corrected chi connectivity index (χ0v) is 11.4. The lowest BCUT2D eigenvalue weighted by Gasteiger charge is -2.18. The van der Waals surface area contributed by atoms with Gasteiger partial charge in [-0.25, -0.2) is 8.78 Å². The Morgan fingerprint density at radius 3 is 2.76 bits per heavy atom. The molecule has 0 saturated heterocycles. The van der Waals surface area contributed by atoms with E-state index in [1.165, 1.54) is 12.1 Å². The number of benzene rings is 2. The number of ketones is 1. The number of carbonyl (C=O) groups excluding carboxylic acids is 1. The number of carbonyl (C=O) groups is 1. The van der Waals surface area contributed by atoms with Crippen LogP contribution in [-0.4, -0.2) is 5.78 Å². The molecule has 0 amide bonds. The van der Waals surface area contributed by atoms with Gasteiger partial charge in [-0.1, -0.05) is 12.1 Å². The van der Waals surface area contributed by atoms with Crippen LogP contribution < -0.4 is 4.74 Å². The van der Waals surface area contributed by atoms with Crippen molar-refractivity contribution in [3.8, 4) is 5.75 Å². The van der Waals surface area contributed by atoms with Gasteiger partial charge in [0.15, 0.2) is 5.78 Å². The van der Waals surface area contributed by atoms with Gasteiger partial charge in [-0.2, -0.15) is 0 Å². The summed E-state index contributed by atoms with van der Waals surface area (Å²) >= 11 is 0. The zero-order chi connectivity index (χ0) is 14.8. The minimum atomic E-state index is -0.629. The van der Waals surface area contributed by atoms with Crippen LogP contribution in [0.25, 0.3) is 0 Å². The molecule has 3 rings (SSSR count). The zero-order valence-electron chi connectivity index (χ0n) is 11.4. The van der Waals surface area contributed by atoms with Crippen molar-refractivity contribution in [2.24, 2.45) is 0 Å². The Bertz CT molecular complexity index is 695. The van der Waals surface area contributed by atoms with Crippen LogP contribution in [0.5, 0.6) is 5.75 Å². The van der Waals surface area contributed by atoms with Crippen molar-refractivity contribution in [2.75, 3.05) is 0 Å². The standard InChI is InChI=1S/C17H14F2O2/c18-12-8-7-11(15(19)9-12)10-21-17-6-2-3-13-14(17)4-1-5-16(13)20/h2-3,6-9H,1,4-5,10H2. The van der Waals surface area contributed by atoms with Crippen molar-refractivity contribution in [3.05, 3.63) is 64.7 Å². The predicted octanol–water partition coefficient (Wildman–Crippen LogP) is 4.06. The third-order valence-corrected chi connectivity index (χ3v) is 3.66. The lowest BCUT2D eigenvalue weighted by molar-refractivity contribution is 0.0971. The molecule has 0 N–H and O–H groups in total. The summed E-state index contributed by atoms with van der Waals surface area (Å²) in [5, 5.41) is 0. The van der Waals surface area contributed by atoms with Gasteiger partial charge in [-0.15, -0.1) is 0 Å². The molecule has 0 spiro atoms. The average molecular weight is 288 g/mol. The smallest absolute Gasteiger partial charge is 0.163 e. The fourth-order valence-electron chi connectivity index (χ4n) is 2.57. The molecule has 0 heterocycles. The SMILES string of the molecule is O=C1CCCc2c(OCc3ccc(F)cc3F)cccc21. The van der Waals surface area contributed by atoms with Crippen molar-refractivity contribution in [1.29, 1.82) is 0 Å². The fourth-order valence-corrected chi connectivity index (χ4v) is 2.57. The molecule has 0 saturated carbocycles. The molecule has 0 bridgehead atoms. The molecule has 4 heteroatoms. The molecule has 2 aromatic rings. The van der Waals surface area contributed by atoms with Crippen LogP contribution in [0.4, 0.5) is 8.78 Å². The van der Waals surface area contributed by atoms with E-state index in [4.69, 9.17) is 4.74 Å². The van der Waals surface area contributed by atoms with Crippen molar-refractivity contribution in [1.82, 2.24) is 0 Å². The maximum atomic E-state index is 13.6. The van der Waals surface area contributed by atoms with Crippen LogP contribution in [0.15, 0.2) is 36.4 Å². The third-order valence-electron chi connectivity index (χ3n) is 3.66. The molecule has 0 atom stereocenters. The van der Waals surface area contributed by atoms with Gasteiger partial charge in [0.25, 0.3) is 0 Å². The lowest BCUT2D eigenvalue weighted by Crippen LogP contribution is -2.12. The van der Waals surface area contributed by atoms with Crippen LogP contribution in [0.2, 0.25) is 0 Å². The number of fused-ring (bicyclic) bond motifs is 1. The quantitative estimate of drug-likeness (QED) is 0.851. The summed E-state index contributed by atoms with van der Waals surface area (Å²) in [4.78, 5) is 11.8. The van der Waals surface area contributed by atoms with Crippen LogP contribution in [-0.2, 0) is 13.0 Å². The van der Waals surface area contributed by atoms with Gasteiger partial charge in [0.1, 0.15) is 24.0 Å². The van der Waals surface area contributed by atoms with Crippen molar-refractivity contribution in [2.45, 2.75) is 25.9 Å². The van der Waals surface area contributed by atoms with Gasteiger partial charge in [0.2, 0.25) is 0 Å². The van der Waals surface area contributed by atoms with E-state index in [1.54, 1.807) is 18.2 Å². The second-order valence-electron chi connectivity index (χ2n) is 5.08. The molecule has 0 fully saturated rings. The number of hydrogen-bond donors (Lipinski definition) is 0. The minimum Gasteiger partial charge on any atom is -0.488 e. The first-order valence-electron chi connectivity index (χ1n) is 6.87. The van der Waals surface area contributed by atoms with E-state index in [0.717, 1.165) is 24.5 Å². The van der Waals surface area contributed by atoms with E-state index in [2.05, 4.69) is 0 Å². The van der Waals surface area contributed by atoms with E-state index >= 15 is 0 Å². The molecular weight excluding hydrogens is 274 g/mol.